The third-order valence-corrected chi connectivity index (χ3v) is 5.05. The normalized spacial score (nSPS) is 12.9. The van der Waals surface area contributed by atoms with Gasteiger partial charge in [-0.15, -0.1) is 0 Å². The molecule has 0 spiro atoms. The third-order valence-electron chi connectivity index (χ3n) is 4.51. The van der Waals surface area contributed by atoms with E-state index in [-0.39, 0.29) is 36.0 Å². The molecule has 0 aromatic heterocycles. The van der Waals surface area contributed by atoms with Crippen LogP contribution in [0.4, 0.5) is 5.69 Å². The Balaban J connectivity index is 1.55. The summed E-state index contributed by atoms with van der Waals surface area (Å²) in [6.07, 6.45) is 1.66. The van der Waals surface area contributed by atoms with Crippen molar-refractivity contribution >= 4 is 46.6 Å². The van der Waals surface area contributed by atoms with Crippen LogP contribution in [0.15, 0.2) is 42.5 Å². The van der Waals surface area contributed by atoms with Crippen molar-refractivity contribution in [2.45, 2.75) is 25.8 Å². The SMILES string of the molecule is Cc1ccc(NC(=O)CNC(=O)CN(C(=O)c2ccc(Cl)cc2Cl)C2CC2)cc1. The van der Waals surface area contributed by atoms with Gasteiger partial charge in [0.2, 0.25) is 11.8 Å². The fourth-order valence-corrected chi connectivity index (χ4v) is 3.29. The van der Waals surface area contributed by atoms with Crippen LogP contribution in [0.3, 0.4) is 0 Å². The van der Waals surface area contributed by atoms with Crippen LogP contribution >= 0.6 is 23.2 Å². The average molecular weight is 434 g/mol. The zero-order valence-corrected chi connectivity index (χ0v) is 17.4. The minimum absolute atomic E-state index is 0.00128. The number of carbonyl (C=O) groups is 3. The second-order valence-electron chi connectivity index (χ2n) is 6.98. The monoisotopic (exact) mass is 433 g/mol. The summed E-state index contributed by atoms with van der Waals surface area (Å²) in [6.45, 7) is 1.64. The lowest BCUT2D eigenvalue weighted by molar-refractivity contribution is -0.124. The lowest BCUT2D eigenvalue weighted by Crippen LogP contribution is -2.44. The van der Waals surface area contributed by atoms with Gasteiger partial charge in [0.15, 0.2) is 0 Å². The molecule has 0 atom stereocenters. The molecule has 1 aliphatic carbocycles. The molecule has 29 heavy (non-hydrogen) atoms. The highest BCUT2D eigenvalue weighted by Gasteiger charge is 2.35. The van der Waals surface area contributed by atoms with Crippen LogP contribution in [0.2, 0.25) is 10.0 Å². The number of halogens is 2. The van der Waals surface area contributed by atoms with Crippen LogP contribution < -0.4 is 10.6 Å². The van der Waals surface area contributed by atoms with E-state index in [0.29, 0.717) is 16.3 Å². The molecule has 6 nitrogen and oxygen atoms in total. The fourth-order valence-electron chi connectivity index (χ4n) is 2.80. The largest absolute Gasteiger partial charge is 0.345 e. The van der Waals surface area contributed by atoms with Crippen molar-refractivity contribution in [2.24, 2.45) is 0 Å². The molecule has 2 aromatic carbocycles. The number of anilines is 1. The standard InChI is InChI=1S/C21H21Cl2N3O3/c1-13-2-5-15(6-3-13)25-19(27)11-24-20(28)12-26(16-7-8-16)21(29)17-9-4-14(22)10-18(17)23/h2-6,9-10,16H,7-8,11-12H2,1H3,(H,24,28)(H,25,27). The maximum absolute atomic E-state index is 12.8. The number of hydrogen-bond donors (Lipinski definition) is 2. The Morgan fingerprint density at radius 2 is 1.72 bits per heavy atom. The number of benzene rings is 2. The Morgan fingerprint density at radius 1 is 1.03 bits per heavy atom. The van der Waals surface area contributed by atoms with Crippen LogP contribution in [0.1, 0.15) is 28.8 Å². The number of aryl methyl sites for hydroxylation is 1. The zero-order valence-electron chi connectivity index (χ0n) is 15.9. The van der Waals surface area contributed by atoms with Crippen LogP contribution in [-0.4, -0.2) is 41.8 Å². The summed E-state index contributed by atoms with van der Waals surface area (Å²) in [5.41, 5.74) is 2.04. The molecule has 0 bridgehead atoms. The van der Waals surface area contributed by atoms with Crippen molar-refractivity contribution in [3.8, 4) is 0 Å². The summed E-state index contributed by atoms with van der Waals surface area (Å²) in [5, 5.41) is 5.94. The first-order valence-electron chi connectivity index (χ1n) is 9.22. The molecule has 0 unspecified atom stereocenters. The van der Waals surface area contributed by atoms with Gasteiger partial charge in [0, 0.05) is 16.8 Å². The van der Waals surface area contributed by atoms with Crippen LogP contribution in [-0.2, 0) is 9.59 Å². The summed E-state index contributed by atoms with van der Waals surface area (Å²) < 4.78 is 0. The number of rotatable bonds is 7. The molecule has 1 fully saturated rings. The predicted molar refractivity (Wildman–Crippen MR) is 113 cm³/mol. The second kappa shape index (κ2) is 9.29. The first-order chi connectivity index (χ1) is 13.8. The van der Waals surface area contributed by atoms with Crippen molar-refractivity contribution in [1.82, 2.24) is 10.2 Å². The minimum Gasteiger partial charge on any atom is -0.345 e. The van der Waals surface area contributed by atoms with Crippen molar-refractivity contribution in [3.05, 3.63) is 63.6 Å². The van der Waals surface area contributed by atoms with E-state index in [4.69, 9.17) is 23.2 Å². The molecule has 1 aliphatic rings. The molecule has 152 valence electrons. The Kier molecular flexibility index (Phi) is 6.77. The zero-order chi connectivity index (χ0) is 21.0. The number of amides is 3. The molecule has 0 heterocycles. The van der Waals surface area contributed by atoms with Gasteiger partial charge in [-0.3, -0.25) is 14.4 Å². The fraction of sp³-hybridized carbons (Fsp3) is 0.286. The topological polar surface area (TPSA) is 78.5 Å². The second-order valence-corrected chi connectivity index (χ2v) is 7.82. The molecule has 1 saturated carbocycles. The maximum atomic E-state index is 12.8. The van der Waals surface area contributed by atoms with E-state index in [1.54, 1.807) is 24.3 Å². The molecule has 0 radical (unpaired) electrons. The molecule has 0 saturated heterocycles. The molecule has 0 aliphatic heterocycles. The van der Waals surface area contributed by atoms with Gasteiger partial charge in [-0.25, -0.2) is 0 Å². The number of nitrogens with zero attached hydrogens (tertiary/aromatic N) is 1. The van der Waals surface area contributed by atoms with Crippen LogP contribution in [0.5, 0.6) is 0 Å². The molecule has 3 amide bonds. The highest BCUT2D eigenvalue weighted by Crippen LogP contribution is 2.30. The lowest BCUT2D eigenvalue weighted by Gasteiger charge is -2.22. The van der Waals surface area contributed by atoms with E-state index in [1.165, 1.54) is 11.0 Å². The van der Waals surface area contributed by atoms with Crippen LogP contribution in [0, 0.1) is 6.92 Å². The van der Waals surface area contributed by atoms with E-state index < -0.39 is 5.91 Å². The minimum atomic E-state index is -0.408. The van der Waals surface area contributed by atoms with Gasteiger partial charge < -0.3 is 15.5 Å². The number of hydrogen-bond acceptors (Lipinski definition) is 3. The third kappa shape index (κ3) is 5.95. The number of carbonyl (C=O) groups excluding carboxylic acids is 3. The van der Waals surface area contributed by atoms with E-state index in [9.17, 15) is 14.4 Å². The molecular weight excluding hydrogens is 413 g/mol. The van der Waals surface area contributed by atoms with E-state index in [0.717, 1.165) is 18.4 Å². The summed E-state index contributed by atoms with van der Waals surface area (Å²) in [5.74, 6) is -1.07. The van der Waals surface area contributed by atoms with Gasteiger partial charge in [-0.2, -0.15) is 0 Å². The van der Waals surface area contributed by atoms with Gasteiger partial charge in [0.25, 0.3) is 5.91 Å². The first kappa shape index (κ1) is 21.1. The summed E-state index contributed by atoms with van der Waals surface area (Å²) in [4.78, 5) is 38.7. The van der Waals surface area contributed by atoms with Gasteiger partial charge >= 0.3 is 0 Å². The Bertz CT molecular complexity index is 927. The van der Waals surface area contributed by atoms with Gasteiger partial charge in [0.05, 0.1) is 17.1 Å². The van der Waals surface area contributed by atoms with E-state index in [1.807, 2.05) is 19.1 Å². The highest BCUT2D eigenvalue weighted by molar-refractivity contribution is 6.36. The Labute approximate surface area is 179 Å². The molecule has 2 aromatic rings. The number of nitrogens with one attached hydrogen (secondary N) is 2. The molecule has 2 N–H and O–H groups in total. The molecular formula is C21H21Cl2N3O3. The van der Waals surface area contributed by atoms with E-state index >= 15 is 0 Å². The predicted octanol–water partition coefficient (Wildman–Crippen LogP) is 3.66. The smallest absolute Gasteiger partial charge is 0.256 e. The summed E-state index contributed by atoms with van der Waals surface area (Å²) in [6, 6.07) is 12.0. The summed E-state index contributed by atoms with van der Waals surface area (Å²) in [7, 11) is 0. The average Bonchev–Trinajstić information content (AvgIpc) is 3.51. The quantitative estimate of drug-likeness (QED) is 0.698. The Morgan fingerprint density at radius 3 is 2.34 bits per heavy atom. The van der Waals surface area contributed by atoms with Gasteiger partial charge in [-0.05, 0) is 50.1 Å². The van der Waals surface area contributed by atoms with E-state index in [2.05, 4.69) is 10.6 Å². The van der Waals surface area contributed by atoms with Gasteiger partial charge in [0.1, 0.15) is 6.54 Å². The van der Waals surface area contributed by atoms with Crippen molar-refractivity contribution < 1.29 is 14.4 Å². The van der Waals surface area contributed by atoms with Crippen molar-refractivity contribution in [3.63, 3.8) is 0 Å². The lowest BCUT2D eigenvalue weighted by atomic mass is 10.2. The maximum Gasteiger partial charge on any atom is 0.256 e. The van der Waals surface area contributed by atoms with Crippen molar-refractivity contribution in [2.75, 3.05) is 18.4 Å². The van der Waals surface area contributed by atoms with Crippen LogP contribution in [0.25, 0.3) is 0 Å². The molecule has 8 heteroatoms. The Hall–Kier alpha value is -2.57. The van der Waals surface area contributed by atoms with Gasteiger partial charge in [-0.1, -0.05) is 40.9 Å². The van der Waals surface area contributed by atoms with Crippen molar-refractivity contribution in [1.29, 1.82) is 0 Å². The highest BCUT2D eigenvalue weighted by atomic mass is 35.5. The first-order valence-corrected chi connectivity index (χ1v) is 9.98. The summed E-state index contributed by atoms with van der Waals surface area (Å²) >= 11 is 12.0. The molecule has 3 rings (SSSR count).